The van der Waals surface area contributed by atoms with Gasteiger partial charge in [-0.15, -0.1) is 0 Å². The molecule has 1 N–H and O–H groups in total. The quantitative estimate of drug-likeness (QED) is 0.453. The molecular formula is C15H36N2O5Si2. The fourth-order valence-electron chi connectivity index (χ4n) is 2.74. The van der Waals surface area contributed by atoms with Crippen LogP contribution in [0.1, 0.15) is 34.1 Å². The molecule has 0 spiro atoms. The van der Waals surface area contributed by atoms with E-state index < -0.39 is 18.3 Å². The van der Waals surface area contributed by atoms with Gasteiger partial charge >= 0.3 is 18.3 Å². The predicted octanol–water partition coefficient (Wildman–Crippen LogP) is 1.10. The molecule has 144 valence electrons. The van der Waals surface area contributed by atoms with Gasteiger partial charge in [0.2, 0.25) is 0 Å². The average molecular weight is 381 g/mol. The van der Waals surface area contributed by atoms with Gasteiger partial charge in [-0.3, -0.25) is 0 Å². The number of hydrogen-bond donors (Lipinski definition) is 1. The van der Waals surface area contributed by atoms with Crippen molar-refractivity contribution in [2.45, 2.75) is 40.2 Å². The van der Waals surface area contributed by atoms with Crippen LogP contribution >= 0.6 is 0 Å². The molecule has 0 aromatic heterocycles. The maximum Gasteiger partial charge on any atom is 0.493 e. The molecule has 0 saturated carbocycles. The van der Waals surface area contributed by atoms with E-state index in [4.69, 9.17) is 21.8 Å². The fourth-order valence-corrected chi connectivity index (χ4v) is 7.96. The highest BCUT2D eigenvalue weighted by Gasteiger charge is 2.44. The highest BCUT2D eigenvalue weighted by Crippen LogP contribution is 2.20. The average Bonchev–Trinajstić information content (AvgIpc) is 2.57. The first-order valence-corrected chi connectivity index (χ1v) is 12.7. The van der Waals surface area contributed by atoms with Gasteiger partial charge in [0.25, 0.3) is 0 Å². The van der Waals surface area contributed by atoms with E-state index in [-0.39, 0.29) is 0 Å². The van der Waals surface area contributed by atoms with Gasteiger partial charge in [-0.1, -0.05) is 0 Å². The largest absolute Gasteiger partial charge is 0.493 e. The Balaban J connectivity index is 2.60. The van der Waals surface area contributed by atoms with Crippen molar-refractivity contribution in [2.24, 2.45) is 0 Å². The van der Waals surface area contributed by atoms with Crippen molar-refractivity contribution >= 4 is 18.3 Å². The van der Waals surface area contributed by atoms with E-state index >= 15 is 0 Å². The molecule has 0 aliphatic carbocycles. The number of rotatable bonds is 14. The van der Waals surface area contributed by atoms with Gasteiger partial charge < -0.3 is 32.0 Å². The van der Waals surface area contributed by atoms with E-state index in [0.29, 0.717) is 26.4 Å². The highest BCUT2D eigenvalue weighted by molar-refractivity contribution is 6.67. The first-order valence-electron chi connectivity index (χ1n) is 9.31. The van der Waals surface area contributed by atoms with Gasteiger partial charge in [0.15, 0.2) is 0 Å². The molecule has 0 bridgehead atoms. The van der Waals surface area contributed by atoms with Crippen LogP contribution in [0, 0.1) is 0 Å². The van der Waals surface area contributed by atoms with Crippen LogP contribution in [0.4, 0.5) is 0 Å². The van der Waals surface area contributed by atoms with Crippen LogP contribution in [0.3, 0.4) is 0 Å². The van der Waals surface area contributed by atoms with Crippen LogP contribution < -0.4 is 5.32 Å². The second-order valence-electron chi connectivity index (χ2n) is 5.56. The van der Waals surface area contributed by atoms with Crippen molar-refractivity contribution in [3.05, 3.63) is 0 Å². The van der Waals surface area contributed by atoms with Gasteiger partial charge in [0.1, 0.15) is 0 Å². The summed E-state index contributed by atoms with van der Waals surface area (Å²) in [7, 11) is -4.96. The molecule has 0 aromatic carbocycles. The van der Waals surface area contributed by atoms with Gasteiger partial charge in [-0.05, 0) is 40.7 Å². The molecule has 1 aliphatic heterocycles. The highest BCUT2D eigenvalue weighted by atomic mass is 28.4. The second-order valence-corrected chi connectivity index (χ2v) is 10.2. The van der Waals surface area contributed by atoms with Crippen molar-refractivity contribution < 1.29 is 21.8 Å². The molecule has 9 heteroatoms. The molecule has 1 rings (SSSR count). The summed E-state index contributed by atoms with van der Waals surface area (Å²) in [6, 6.07) is 0.808. The molecule has 24 heavy (non-hydrogen) atoms. The molecule has 0 aromatic rings. The zero-order valence-corrected chi connectivity index (χ0v) is 18.0. The zero-order valence-electron chi connectivity index (χ0n) is 15.8. The maximum absolute atomic E-state index is 6.25. The van der Waals surface area contributed by atoms with Crippen molar-refractivity contribution in [1.29, 1.82) is 0 Å². The molecule has 1 aliphatic rings. The van der Waals surface area contributed by atoms with E-state index in [1.54, 1.807) is 0 Å². The number of nitrogens with one attached hydrogen (secondary N) is 1. The molecule has 0 unspecified atom stereocenters. The Hall–Kier alpha value is 0.154. The number of piperazine rings is 1. The summed E-state index contributed by atoms with van der Waals surface area (Å²) in [6.45, 7) is 15.6. The minimum absolute atomic E-state index is 0.583. The van der Waals surface area contributed by atoms with Gasteiger partial charge in [0, 0.05) is 58.7 Å². The maximum atomic E-state index is 6.25. The van der Waals surface area contributed by atoms with Crippen molar-refractivity contribution in [1.82, 2.24) is 10.2 Å². The van der Waals surface area contributed by atoms with Gasteiger partial charge in [-0.25, -0.2) is 0 Å². The van der Waals surface area contributed by atoms with Crippen molar-refractivity contribution in [3.8, 4) is 0 Å². The monoisotopic (exact) mass is 380 g/mol. The Morgan fingerprint density at radius 2 is 1.50 bits per heavy atom. The summed E-state index contributed by atoms with van der Waals surface area (Å²) in [5.41, 5.74) is 0. The molecule has 0 amide bonds. The molecule has 1 saturated heterocycles. The molecule has 0 atom stereocenters. The van der Waals surface area contributed by atoms with Gasteiger partial charge in [-0.2, -0.15) is 0 Å². The third-order valence-electron chi connectivity index (χ3n) is 3.78. The Morgan fingerprint density at radius 3 is 2.00 bits per heavy atom. The standard InChI is InChI=1S/C15H36N2O5Si2/c1-5-18-23(19-6-2)22-24(20-7-3,21-8-4)15-9-12-17-13-10-16-11-14-17/h16,23H,5-15H2,1-4H3. The lowest BCUT2D eigenvalue weighted by Crippen LogP contribution is -2.52. The van der Waals surface area contributed by atoms with E-state index in [0.717, 1.165) is 45.2 Å². The minimum Gasteiger partial charge on any atom is -0.377 e. The summed E-state index contributed by atoms with van der Waals surface area (Å²) in [6.07, 6.45) is 1.01. The molecule has 0 radical (unpaired) electrons. The summed E-state index contributed by atoms with van der Waals surface area (Å²) in [5.74, 6) is 0. The Labute approximate surface area is 150 Å². The van der Waals surface area contributed by atoms with Crippen LogP contribution in [0.5, 0.6) is 0 Å². The third kappa shape index (κ3) is 8.50. The van der Waals surface area contributed by atoms with Crippen LogP contribution in [0.25, 0.3) is 0 Å². The van der Waals surface area contributed by atoms with E-state index in [9.17, 15) is 0 Å². The van der Waals surface area contributed by atoms with Crippen LogP contribution in [-0.4, -0.2) is 82.4 Å². The summed E-state index contributed by atoms with van der Waals surface area (Å²) in [5, 5.41) is 3.38. The number of nitrogens with zero attached hydrogens (tertiary/aromatic N) is 1. The third-order valence-corrected chi connectivity index (χ3v) is 9.62. The normalized spacial score (nSPS) is 16.9. The SMILES string of the molecule is CCO[SiH](OCC)O[Si](CCCN1CCNCC1)(OCC)OCC. The molecule has 1 heterocycles. The minimum atomic E-state index is -2.75. The van der Waals surface area contributed by atoms with Crippen LogP contribution in [-0.2, 0) is 21.8 Å². The second kappa shape index (κ2) is 13.4. The predicted molar refractivity (Wildman–Crippen MR) is 99.2 cm³/mol. The lowest BCUT2D eigenvalue weighted by Gasteiger charge is -2.33. The van der Waals surface area contributed by atoms with Crippen LogP contribution in [0.2, 0.25) is 6.04 Å². The van der Waals surface area contributed by atoms with E-state index in [2.05, 4.69) is 10.2 Å². The summed E-state index contributed by atoms with van der Waals surface area (Å²) >= 11 is 0. The van der Waals surface area contributed by atoms with Crippen molar-refractivity contribution in [2.75, 3.05) is 59.2 Å². The lowest BCUT2D eigenvalue weighted by molar-refractivity contribution is 0.0684. The Morgan fingerprint density at radius 1 is 0.917 bits per heavy atom. The Bertz CT molecular complexity index is 298. The summed E-state index contributed by atoms with van der Waals surface area (Å²) < 4.78 is 29.6. The summed E-state index contributed by atoms with van der Waals surface area (Å²) in [4.78, 5) is 2.48. The van der Waals surface area contributed by atoms with Crippen LogP contribution in [0.15, 0.2) is 0 Å². The first-order chi connectivity index (χ1) is 11.7. The van der Waals surface area contributed by atoms with Gasteiger partial charge in [0.05, 0.1) is 0 Å². The lowest BCUT2D eigenvalue weighted by atomic mass is 10.3. The fraction of sp³-hybridized carbons (Fsp3) is 1.00. The Kier molecular flexibility index (Phi) is 12.4. The van der Waals surface area contributed by atoms with E-state index in [1.807, 2.05) is 27.7 Å². The topological polar surface area (TPSA) is 61.4 Å². The van der Waals surface area contributed by atoms with Crippen molar-refractivity contribution in [3.63, 3.8) is 0 Å². The zero-order chi connectivity index (χ0) is 17.7. The smallest absolute Gasteiger partial charge is 0.377 e. The molecular weight excluding hydrogens is 344 g/mol. The number of hydrogen-bond acceptors (Lipinski definition) is 7. The molecule has 1 fully saturated rings. The van der Waals surface area contributed by atoms with E-state index in [1.165, 1.54) is 0 Å². The molecule has 7 nitrogen and oxygen atoms in total. The first kappa shape index (κ1) is 22.2.